The molecule has 0 spiro atoms. The first-order chi connectivity index (χ1) is 7.36. The Labute approximate surface area is 91.2 Å². The molecule has 0 bridgehead atoms. The Morgan fingerprint density at radius 3 is 3.00 bits per heavy atom. The quantitative estimate of drug-likeness (QED) is 0.700. The number of nitrogens with zero attached hydrogens (tertiary/aromatic N) is 1. The molecular weight excluding hydrogens is 186 g/mol. The minimum Gasteiger partial charge on any atom is -0.495 e. The highest BCUT2D eigenvalue weighted by atomic mass is 16.5. The molecule has 1 aliphatic heterocycles. The SMILES string of the molecule is C=CC1CCCN1c1ccccc1OC. The van der Waals surface area contributed by atoms with E-state index in [1.807, 2.05) is 18.2 Å². The molecule has 1 unspecified atom stereocenters. The van der Waals surface area contributed by atoms with E-state index in [2.05, 4.69) is 23.6 Å². The molecule has 1 atom stereocenters. The fourth-order valence-electron chi connectivity index (χ4n) is 2.20. The van der Waals surface area contributed by atoms with Crippen molar-refractivity contribution in [3.05, 3.63) is 36.9 Å². The molecule has 0 N–H and O–H groups in total. The summed E-state index contributed by atoms with van der Waals surface area (Å²) in [5.41, 5.74) is 1.18. The van der Waals surface area contributed by atoms with E-state index in [1.54, 1.807) is 7.11 Å². The zero-order valence-corrected chi connectivity index (χ0v) is 9.15. The number of para-hydroxylation sites is 2. The Morgan fingerprint density at radius 2 is 2.27 bits per heavy atom. The van der Waals surface area contributed by atoms with Gasteiger partial charge in [-0.25, -0.2) is 0 Å². The van der Waals surface area contributed by atoms with Crippen LogP contribution in [-0.2, 0) is 0 Å². The third-order valence-corrected chi connectivity index (χ3v) is 2.97. The molecule has 0 amide bonds. The van der Waals surface area contributed by atoms with Crippen molar-refractivity contribution in [2.24, 2.45) is 0 Å². The lowest BCUT2D eigenvalue weighted by molar-refractivity contribution is 0.414. The maximum atomic E-state index is 5.37. The van der Waals surface area contributed by atoms with Crippen LogP contribution in [0.1, 0.15) is 12.8 Å². The van der Waals surface area contributed by atoms with E-state index in [0.717, 1.165) is 12.3 Å². The topological polar surface area (TPSA) is 12.5 Å². The highest BCUT2D eigenvalue weighted by Gasteiger charge is 2.23. The largest absolute Gasteiger partial charge is 0.495 e. The van der Waals surface area contributed by atoms with Crippen molar-refractivity contribution in [3.63, 3.8) is 0 Å². The summed E-state index contributed by atoms with van der Waals surface area (Å²) in [7, 11) is 1.72. The Morgan fingerprint density at radius 1 is 1.47 bits per heavy atom. The van der Waals surface area contributed by atoms with Crippen LogP contribution in [0.15, 0.2) is 36.9 Å². The summed E-state index contributed by atoms with van der Waals surface area (Å²) in [6.07, 6.45) is 4.45. The van der Waals surface area contributed by atoms with E-state index in [1.165, 1.54) is 18.5 Å². The van der Waals surface area contributed by atoms with Crippen molar-refractivity contribution in [1.82, 2.24) is 0 Å². The predicted octanol–water partition coefficient (Wildman–Crippen LogP) is 2.85. The second-order valence-corrected chi connectivity index (χ2v) is 3.81. The van der Waals surface area contributed by atoms with Gasteiger partial charge in [0, 0.05) is 12.6 Å². The third-order valence-electron chi connectivity index (χ3n) is 2.97. The first-order valence-electron chi connectivity index (χ1n) is 5.39. The first kappa shape index (κ1) is 10.1. The van der Waals surface area contributed by atoms with Gasteiger partial charge in [0.05, 0.1) is 12.8 Å². The lowest BCUT2D eigenvalue weighted by atomic mass is 10.2. The van der Waals surface area contributed by atoms with Crippen molar-refractivity contribution in [3.8, 4) is 5.75 Å². The molecule has 1 saturated heterocycles. The highest BCUT2D eigenvalue weighted by Crippen LogP contribution is 2.33. The van der Waals surface area contributed by atoms with Crippen LogP contribution < -0.4 is 9.64 Å². The van der Waals surface area contributed by atoms with Gasteiger partial charge >= 0.3 is 0 Å². The van der Waals surface area contributed by atoms with Crippen LogP contribution in [-0.4, -0.2) is 19.7 Å². The molecule has 2 nitrogen and oxygen atoms in total. The molecule has 1 heterocycles. The lowest BCUT2D eigenvalue weighted by Gasteiger charge is -2.25. The van der Waals surface area contributed by atoms with Gasteiger partial charge in [-0.05, 0) is 25.0 Å². The normalized spacial score (nSPS) is 20.3. The van der Waals surface area contributed by atoms with Gasteiger partial charge in [-0.15, -0.1) is 6.58 Å². The van der Waals surface area contributed by atoms with Gasteiger partial charge in [-0.3, -0.25) is 0 Å². The van der Waals surface area contributed by atoms with Gasteiger partial charge in [-0.1, -0.05) is 18.2 Å². The molecule has 0 aromatic heterocycles. The average molecular weight is 203 g/mol. The molecule has 1 fully saturated rings. The second-order valence-electron chi connectivity index (χ2n) is 3.81. The second kappa shape index (κ2) is 4.39. The van der Waals surface area contributed by atoms with E-state index in [9.17, 15) is 0 Å². The van der Waals surface area contributed by atoms with Crippen LogP contribution in [0.2, 0.25) is 0 Å². The van der Waals surface area contributed by atoms with E-state index in [4.69, 9.17) is 4.74 Å². The number of benzene rings is 1. The zero-order valence-electron chi connectivity index (χ0n) is 9.15. The molecule has 0 aliphatic carbocycles. The number of rotatable bonds is 3. The minimum atomic E-state index is 0.460. The van der Waals surface area contributed by atoms with Crippen LogP contribution in [0.25, 0.3) is 0 Å². The number of hydrogen-bond acceptors (Lipinski definition) is 2. The number of ether oxygens (including phenoxy) is 1. The highest BCUT2D eigenvalue weighted by molar-refractivity contribution is 5.60. The Hall–Kier alpha value is -1.44. The standard InChI is InChI=1S/C13H17NO/c1-3-11-7-6-10-14(11)12-8-4-5-9-13(12)15-2/h3-5,8-9,11H,1,6-7,10H2,2H3. The van der Waals surface area contributed by atoms with Crippen molar-refractivity contribution >= 4 is 5.69 Å². The summed E-state index contributed by atoms with van der Waals surface area (Å²) in [6.45, 7) is 4.99. The van der Waals surface area contributed by atoms with Crippen LogP contribution in [0.5, 0.6) is 5.75 Å². The van der Waals surface area contributed by atoms with Crippen LogP contribution in [0.4, 0.5) is 5.69 Å². The summed E-state index contributed by atoms with van der Waals surface area (Å²) in [6, 6.07) is 8.63. The smallest absolute Gasteiger partial charge is 0.142 e. The molecular formula is C13H17NO. The monoisotopic (exact) mass is 203 g/mol. The predicted molar refractivity (Wildman–Crippen MR) is 63.6 cm³/mol. The van der Waals surface area contributed by atoms with Gasteiger partial charge in [-0.2, -0.15) is 0 Å². The van der Waals surface area contributed by atoms with E-state index >= 15 is 0 Å². The number of hydrogen-bond donors (Lipinski definition) is 0. The lowest BCUT2D eigenvalue weighted by Crippen LogP contribution is -2.27. The Balaban J connectivity index is 2.31. The molecule has 80 valence electrons. The van der Waals surface area contributed by atoms with Crippen LogP contribution in [0.3, 0.4) is 0 Å². The van der Waals surface area contributed by atoms with Gasteiger partial charge in [0.15, 0.2) is 0 Å². The molecule has 0 saturated carbocycles. The van der Waals surface area contributed by atoms with Gasteiger partial charge in [0.1, 0.15) is 5.75 Å². The van der Waals surface area contributed by atoms with E-state index in [-0.39, 0.29) is 0 Å². The Kier molecular flexibility index (Phi) is 2.95. The van der Waals surface area contributed by atoms with Crippen molar-refractivity contribution in [1.29, 1.82) is 0 Å². The summed E-state index contributed by atoms with van der Waals surface area (Å²) in [4.78, 5) is 2.37. The molecule has 2 heteroatoms. The average Bonchev–Trinajstić information content (AvgIpc) is 2.76. The molecule has 15 heavy (non-hydrogen) atoms. The zero-order chi connectivity index (χ0) is 10.7. The van der Waals surface area contributed by atoms with Gasteiger partial charge < -0.3 is 9.64 Å². The van der Waals surface area contributed by atoms with E-state index in [0.29, 0.717) is 6.04 Å². The van der Waals surface area contributed by atoms with Gasteiger partial charge in [0.25, 0.3) is 0 Å². The fourth-order valence-corrected chi connectivity index (χ4v) is 2.20. The van der Waals surface area contributed by atoms with E-state index < -0.39 is 0 Å². The van der Waals surface area contributed by atoms with Crippen molar-refractivity contribution in [2.75, 3.05) is 18.6 Å². The van der Waals surface area contributed by atoms with Crippen LogP contribution >= 0.6 is 0 Å². The summed E-state index contributed by atoms with van der Waals surface area (Å²) < 4.78 is 5.37. The summed E-state index contributed by atoms with van der Waals surface area (Å²) in [5.74, 6) is 0.950. The first-order valence-corrected chi connectivity index (χ1v) is 5.39. The molecule has 1 aliphatic rings. The minimum absolute atomic E-state index is 0.460. The van der Waals surface area contributed by atoms with Gasteiger partial charge in [0.2, 0.25) is 0 Å². The van der Waals surface area contributed by atoms with Crippen molar-refractivity contribution < 1.29 is 4.74 Å². The molecule has 2 rings (SSSR count). The van der Waals surface area contributed by atoms with Crippen molar-refractivity contribution in [2.45, 2.75) is 18.9 Å². The summed E-state index contributed by atoms with van der Waals surface area (Å²) >= 11 is 0. The third kappa shape index (κ3) is 1.84. The molecule has 1 aromatic carbocycles. The fraction of sp³-hybridized carbons (Fsp3) is 0.385. The maximum Gasteiger partial charge on any atom is 0.142 e. The number of anilines is 1. The molecule has 1 aromatic rings. The van der Waals surface area contributed by atoms with Crippen LogP contribution in [0, 0.1) is 0 Å². The summed E-state index contributed by atoms with van der Waals surface area (Å²) in [5, 5.41) is 0. The Bertz CT molecular complexity index is 348. The number of methoxy groups -OCH3 is 1. The maximum absolute atomic E-state index is 5.37. The molecule has 0 radical (unpaired) electrons.